The minimum Gasteiger partial charge on any atom is -0.435 e. The zero-order chi connectivity index (χ0) is 26.9. The molecule has 0 atom stereocenters. The van der Waals surface area contributed by atoms with Gasteiger partial charge in [-0.25, -0.2) is 13.4 Å². The fourth-order valence-electron chi connectivity index (χ4n) is 4.39. The van der Waals surface area contributed by atoms with Gasteiger partial charge in [0, 0.05) is 24.6 Å². The molecule has 1 aliphatic rings. The molecule has 38 heavy (non-hydrogen) atoms. The lowest BCUT2D eigenvalue weighted by Gasteiger charge is -2.09. The summed E-state index contributed by atoms with van der Waals surface area (Å²) >= 11 is 0. The first kappa shape index (κ1) is 25.8. The third kappa shape index (κ3) is 5.70. The van der Waals surface area contributed by atoms with Crippen molar-refractivity contribution < 1.29 is 26.7 Å². The lowest BCUT2D eigenvalue weighted by atomic mass is 10.1. The maximum atomic E-state index is 12.9. The van der Waals surface area contributed by atoms with Crippen molar-refractivity contribution >= 4 is 26.8 Å². The summed E-state index contributed by atoms with van der Waals surface area (Å²) < 4.78 is 55.5. The molecule has 1 fully saturated rings. The van der Waals surface area contributed by atoms with E-state index >= 15 is 0 Å². The number of sulfone groups is 1. The summed E-state index contributed by atoms with van der Waals surface area (Å²) in [5.74, 6) is 0.739. The molecule has 0 bridgehead atoms. The van der Waals surface area contributed by atoms with Gasteiger partial charge in [-0.15, -0.1) is 0 Å². The van der Waals surface area contributed by atoms with E-state index in [0.29, 0.717) is 23.5 Å². The molecule has 0 saturated heterocycles. The Morgan fingerprint density at radius 3 is 2.37 bits per heavy atom. The molecule has 1 N–H and O–H groups in total. The molecule has 1 aromatic heterocycles. The normalized spacial score (nSPS) is 13.7. The number of hydrogen-bond donors (Lipinski definition) is 1. The van der Waals surface area contributed by atoms with E-state index in [1.165, 1.54) is 12.1 Å². The average Bonchev–Trinajstić information content (AvgIpc) is 3.68. The molecular weight excluding hydrogens is 512 g/mol. The summed E-state index contributed by atoms with van der Waals surface area (Å²) in [5.41, 5.74) is 3.85. The molecule has 0 unspecified atom stereocenters. The average molecular weight is 540 g/mol. The van der Waals surface area contributed by atoms with Crippen LogP contribution in [-0.4, -0.2) is 36.2 Å². The van der Waals surface area contributed by atoms with Crippen molar-refractivity contribution in [1.29, 1.82) is 0 Å². The summed E-state index contributed by atoms with van der Waals surface area (Å²) in [4.78, 5) is 17.9. The maximum absolute atomic E-state index is 12.9. The van der Waals surface area contributed by atoms with Crippen LogP contribution in [0.25, 0.3) is 11.0 Å². The van der Waals surface area contributed by atoms with Crippen molar-refractivity contribution in [3.63, 3.8) is 0 Å². The van der Waals surface area contributed by atoms with E-state index in [2.05, 4.69) is 14.6 Å². The van der Waals surface area contributed by atoms with E-state index in [9.17, 15) is 22.0 Å². The number of fused-ring (bicyclic) bond motifs is 1. The maximum Gasteiger partial charge on any atom is 0.387 e. The Balaban J connectivity index is 1.31. The van der Waals surface area contributed by atoms with Gasteiger partial charge >= 0.3 is 6.61 Å². The molecule has 4 aromatic rings. The van der Waals surface area contributed by atoms with Crippen molar-refractivity contribution in [2.24, 2.45) is 0 Å². The largest absolute Gasteiger partial charge is 0.435 e. The molecule has 0 radical (unpaired) electrons. The topological polar surface area (TPSA) is 90.3 Å². The van der Waals surface area contributed by atoms with Gasteiger partial charge < -0.3 is 14.6 Å². The first-order chi connectivity index (χ1) is 18.2. The quantitative estimate of drug-likeness (QED) is 0.296. The van der Waals surface area contributed by atoms with Gasteiger partial charge in [-0.05, 0) is 66.4 Å². The summed E-state index contributed by atoms with van der Waals surface area (Å²) in [6.07, 6.45) is 2.63. The monoisotopic (exact) mass is 539 g/mol. The molecule has 1 amide bonds. The lowest BCUT2D eigenvalue weighted by Crippen LogP contribution is -2.22. The zero-order valence-corrected chi connectivity index (χ0v) is 21.5. The number of rotatable bonds is 10. The van der Waals surface area contributed by atoms with E-state index in [-0.39, 0.29) is 28.8 Å². The van der Waals surface area contributed by atoms with Crippen LogP contribution in [0.2, 0.25) is 0 Å². The second-order valence-electron chi connectivity index (χ2n) is 9.26. The molecule has 1 saturated carbocycles. The Hall–Kier alpha value is -3.79. The lowest BCUT2D eigenvalue weighted by molar-refractivity contribution is -0.0498. The van der Waals surface area contributed by atoms with Crippen LogP contribution in [0.3, 0.4) is 0 Å². The Morgan fingerprint density at radius 1 is 1.05 bits per heavy atom. The predicted molar refractivity (Wildman–Crippen MR) is 139 cm³/mol. The van der Waals surface area contributed by atoms with Gasteiger partial charge in [0.25, 0.3) is 5.91 Å². The van der Waals surface area contributed by atoms with E-state index in [1.807, 2.05) is 6.07 Å². The van der Waals surface area contributed by atoms with Crippen LogP contribution in [0.5, 0.6) is 5.75 Å². The number of nitrogens with zero attached hydrogens (tertiary/aromatic N) is 2. The van der Waals surface area contributed by atoms with Gasteiger partial charge in [-0.3, -0.25) is 4.79 Å². The highest BCUT2D eigenvalue weighted by atomic mass is 32.2. The number of alkyl halides is 2. The molecule has 5 rings (SSSR count). The highest BCUT2D eigenvalue weighted by molar-refractivity contribution is 7.91. The molecule has 0 spiro atoms. The van der Waals surface area contributed by atoms with Crippen LogP contribution in [0.1, 0.15) is 53.1 Å². The molecular formula is C28H27F2N3O4S. The number of benzene rings is 3. The number of aromatic nitrogens is 2. The molecule has 198 valence electrons. The van der Waals surface area contributed by atoms with E-state index in [1.54, 1.807) is 55.5 Å². The molecule has 1 heterocycles. The van der Waals surface area contributed by atoms with Gasteiger partial charge in [0.05, 0.1) is 21.7 Å². The van der Waals surface area contributed by atoms with Crippen LogP contribution in [0, 0.1) is 0 Å². The minimum atomic E-state index is -3.27. The zero-order valence-electron chi connectivity index (χ0n) is 20.7. The predicted octanol–water partition coefficient (Wildman–Crippen LogP) is 5.29. The van der Waals surface area contributed by atoms with Crippen molar-refractivity contribution in [1.82, 2.24) is 14.9 Å². The van der Waals surface area contributed by atoms with Gasteiger partial charge in [0.1, 0.15) is 11.6 Å². The van der Waals surface area contributed by atoms with Gasteiger partial charge in [0.15, 0.2) is 9.84 Å². The third-order valence-corrected chi connectivity index (χ3v) is 8.31. The van der Waals surface area contributed by atoms with E-state index in [4.69, 9.17) is 4.98 Å². The number of hydrogen-bond acceptors (Lipinski definition) is 5. The van der Waals surface area contributed by atoms with Crippen LogP contribution in [0.15, 0.2) is 71.6 Å². The third-order valence-electron chi connectivity index (χ3n) is 6.56. The van der Waals surface area contributed by atoms with Gasteiger partial charge in [0.2, 0.25) is 0 Å². The smallest absolute Gasteiger partial charge is 0.387 e. The Morgan fingerprint density at radius 2 is 1.74 bits per heavy atom. The standard InChI is InChI=1S/C28H27F2N3O4S/c1-2-38(35,36)23-12-5-19(6-13-23)17-31-27(34)20-7-14-25-24(16-20)32-26(33(25)21-8-9-21)15-18-3-10-22(11-4-18)37-28(29)30/h3-7,10-14,16,21,28H,2,8-9,15,17H2,1H3,(H,31,34). The van der Waals surface area contributed by atoms with Crippen molar-refractivity contribution in [3.8, 4) is 5.75 Å². The Bertz CT molecular complexity index is 1560. The summed E-state index contributed by atoms with van der Waals surface area (Å²) in [6.45, 7) is -1.00. The van der Waals surface area contributed by atoms with Crippen LogP contribution >= 0.6 is 0 Å². The highest BCUT2D eigenvalue weighted by Gasteiger charge is 2.28. The first-order valence-electron chi connectivity index (χ1n) is 12.4. The molecule has 0 aliphatic heterocycles. The second kappa shape index (κ2) is 10.5. The SMILES string of the molecule is CCS(=O)(=O)c1ccc(CNC(=O)c2ccc3c(c2)nc(Cc2ccc(OC(F)F)cc2)n3C2CC2)cc1. The summed E-state index contributed by atoms with van der Waals surface area (Å²) in [6, 6.07) is 18.8. The summed E-state index contributed by atoms with van der Waals surface area (Å²) in [7, 11) is -3.27. The van der Waals surface area contributed by atoms with Crippen LogP contribution in [-0.2, 0) is 22.8 Å². The number of carbonyl (C=O) groups excluding carboxylic acids is 1. The Labute approximate surface area is 219 Å². The van der Waals surface area contributed by atoms with Crippen molar-refractivity contribution in [3.05, 3.63) is 89.2 Å². The number of halogens is 2. The minimum absolute atomic E-state index is 0.0341. The van der Waals surface area contributed by atoms with E-state index < -0.39 is 16.4 Å². The summed E-state index contributed by atoms with van der Waals surface area (Å²) in [5, 5.41) is 2.88. The first-order valence-corrected chi connectivity index (χ1v) is 14.0. The van der Waals surface area contributed by atoms with Gasteiger partial charge in [-0.1, -0.05) is 31.2 Å². The van der Waals surface area contributed by atoms with Crippen molar-refractivity contribution in [2.75, 3.05) is 5.75 Å². The fourth-order valence-corrected chi connectivity index (χ4v) is 5.28. The number of amides is 1. The number of ether oxygens (including phenoxy) is 1. The fraction of sp³-hybridized carbons (Fsp3) is 0.286. The Kier molecular flexibility index (Phi) is 7.16. The number of nitrogens with one attached hydrogen (secondary N) is 1. The van der Waals surface area contributed by atoms with Gasteiger partial charge in [-0.2, -0.15) is 8.78 Å². The van der Waals surface area contributed by atoms with Crippen molar-refractivity contribution in [2.45, 2.75) is 50.3 Å². The highest BCUT2D eigenvalue weighted by Crippen LogP contribution is 2.39. The van der Waals surface area contributed by atoms with Crippen LogP contribution < -0.4 is 10.1 Å². The van der Waals surface area contributed by atoms with E-state index in [0.717, 1.165) is 35.3 Å². The number of carbonyl (C=O) groups is 1. The second-order valence-corrected chi connectivity index (χ2v) is 11.5. The molecule has 7 nitrogen and oxygen atoms in total. The molecule has 10 heteroatoms. The number of imidazole rings is 1. The van der Waals surface area contributed by atoms with Crippen LogP contribution in [0.4, 0.5) is 8.78 Å². The molecule has 3 aromatic carbocycles. The molecule has 1 aliphatic carbocycles.